The van der Waals surface area contributed by atoms with E-state index in [4.69, 9.17) is 9.84 Å². The lowest BCUT2D eigenvalue weighted by molar-refractivity contribution is -0.140. The minimum absolute atomic E-state index is 0.0139. The Morgan fingerprint density at radius 1 is 1.30 bits per heavy atom. The molecule has 1 fully saturated rings. The molecule has 1 aliphatic carbocycles. The van der Waals surface area contributed by atoms with Gasteiger partial charge < -0.3 is 9.84 Å². The van der Waals surface area contributed by atoms with Gasteiger partial charge in [-0.25, -0.2) is 0 Å². The Morgan fingerprint density at radius 3 is 2.60 bits per heavy atom. The number of Topliss-reactive ketones (excluding diaryl/α,β-unsaturated/α-hetero) is 1. The molecular formula is C15H20O4S. The highest BCUT2D eigenvalue weighted by Gasteiger charge is 2.37. The fourth-order valence-electron chi connectivity index (χ4n) is 3.12. The number of aliphatic carboxylic acids is 1. The number of carbonyl (C=O) groups excluding carboxylic acids is 1. The number of carbonyl (C=O) groups is 2. The molecule has 0 atom stereocenters. The molecule has 0 amide bonds. The van der Waals surface area contributed by atoms with Crippen LogP contribution in [-0.2, 0) is 4.79 Å². The van der Waals surface area contributed by atoms with Gasteiger partial charge in [0.15, 0.2) is 5.78 Å². The summed E-state index contributed by atoms with van der Waals surface area (Å²) in [5, 5.41) is 11.0. The molecule has 1 aliphatic rings. The minimum Gasteiger partial charge on any atom is -0.495 e. The van der Waals surface area contributed by atoms with E-state index in [0.29, 0.717) is 17.0 Å². The largest absolute Gasteiger partial charge is 0.495 e. The maximum absolute atomic E-state index is 12.5. The third kappa shape index (κ3) is 3.39. The van der Waals surface area contributed by atoms with Gasteiger partial charge >= 0.3 is 5.97 Å². The number of carboxylic acids is 1. The molecule has 0 aromatic carbocycles. The van der Waals surface area contributed by atoms with Gasteiger partial charge in [0.25, 0.3) is 0 Å². The van der Waals surface area contributed by atoms with Crippen LogP contribution in [0.1, 0.15) is 54.6 Å². The maximum Gasteiger partial charge on any atom is 0.303 e. The number of thiophene rings is 1. The van der Waals surface area contributed by atoms with Gasteiger partial charge in [-0.05, 0) is 29.7 Å². The van der Waals surface area contributed by atoms with E-state index in [2.05, 4.69) is 0 Å². The lowest BCUT2D eigenvalue weighted by atomic mass is 9.69. The summed E-state index contributed by atoms with van der Waals surface area (Å²) in [6.07, 6.45) is 5.24. The number of ether oxygens (including phenoxy) is 1. The van der Waals surface area contributed by atoms with Gasteiger partial charge in [-0.15, -0.1) is 11.3 Å². The summed E-state index contributed by atoms with van der Waals surface area (Å²) < 4.78 is 5.18. The lowest BCUT2D eigenvalue weighted by Gasteiger charge is -2.35. The highest BCUT2D eigenvalue weighted by atomic mass is 32.1. The van der Waals surface area contributed by atoms with Crippen LogP contribution in [0.25, 0.3) is 0 Å². The quantitative estimate of drug-likeness (QED) is 0.812. The summed E-state index contributed by atoms with van der Waals surface area (Å²) in [4.78, 5) is 24.2. The molecule has 1 aromatic rings. The van der Waals surface area contributed by atoms with Gasteiger partial charge in [0, 0.05) is 6.42 Å². The van der Waals surface area contributed by atoms with Crippen molar-refractivity contribution in [1.29, 1.82) is 0 Å². The molecule has 4 nitrogen and oxygen atoms in total. The fourth-order valence-corrected chi connectivity index (χ4v) is 3.92. The van der Waals surface area contributed by atoms with Crippen molar-refractivity contribution in [3.8, 4) is 5.75 Å². The molecule has 1 N–H and O–H groups in total. The van der Waals surface area contributed by atoms with Gasteiger partial charge in [-0.2, -0.15) is 0 Å². The Bertz CT molecular complexity index is 486. The van der Waals surface area contributed by atoms with Gasteiger partial charge in [-0.1, -0.05) is 19.3 Å². The first-order valence-corrected chi connectivity index (χ1v) is 7.81. The molecular weight excluding hydrogens is 276 g/mol. The zero-order valence-electron chi connectivity index (χ0n) is 11.7. The first kappa shape index (κ1) is 15.0. The van der Waals surface area contributed by atoms with Crippen molar-refractivity contribution in [2.75, 3.05) is 7.11 Å². The van der Waals surface area contributed by atoms with E-state index in [1.807, 2.05) is 5.38 Å². The van der Waals surface area contributed by atoms with Crippen molar-refractivity contribution in [2.45, 2.75) is 44.9 Å². The predicted molar refractivity (Wildman–Crippen MR) is 77.6 cm³/mol. The zero-order chi connectivity index (χ0) is 14.6. The molecule has 0 aliphatic heterocycles. The maximum atomic E-state index is 12.5. The fraction of sp³-hybridized carbons (Fsp3) is 0.600. The standard InChI is InChI=1S/C15H20O4S/c1-19-12-5-8-20-14(12)11(16)9-15(10-13(17)18)6-3-2-4-7-15/h5,8H,2-4,6-7,9-10H2,1H3,(H,17,18). The second-order valence-corrected chi connectivity index (χ2v) is 6.47. The van der Waals surface area contributed by atoms with Crippen molar-refractivity contribution in [3.63, 3.8) is 0 Å². The third-order valence-corrected chi connectivity index (χ3v) is 5.01. The topological polar surface area (TPSA) is 63.6 Å². The number of hydrogen-bond acceptors (Lipinski definition) is 4. The molecule has 0 bridgehead atoms. The zero-order valence-corrected chi connectivity index (χ0v) is 12.5. The van der Waals surface area contributed by atoms with E-state index in [9.17, 15) is 9.59 Å². The van der Waals surface area contributed by atoms with Crippen molar-refractivity contribution in [2.24, 2.45) is 5.41 Å². The van der Waals surface area contributed by atoms with Crippen LogP contribution in [0.5, 0.6) is 5.75 Å². The highest BCUT2D eigenvalue weighted by molar-refractivity contribution is 7.12. The van der Waals surface area contributed by atoms with Crippen LogP contribution >= 0.6 is 11.3 Å². The summed E-state index contributed by atoms with van der Waals surface area (Å²) in [5.41, 5.74) is -0.365. The molecule has 2 rings (SSSR count). The van der Waals surface area contributed by atoms with E-state index in [0.717, 1.165) is 32.1 Å². The van der Waals surface area contributed by atoms with E-state index >= 15 is 0 Å². The Hall–Kier alpha value is -1.36. The van der Waals surface area contributed by atoms with E-state index in [1.54, 1.807) is 13.2 Å². The lowest BCUT2D eigenvalue weighted by Crippen LogP contribution is -2.30. The second-order valence-electron chi connectivity index (χ2n) is 5.55. The first-order chi connectivity index (χ1) is 9.56. The SMILES string of the molecule is COc1ccsc1C(=O)CC1(CC(=O)O)CCCCC1. The Balaban J connectivity index is 2.15. The van der Waals surface area contributed by atoms with Crippen molar-refractivity contribution >= 4 is 23.1 Å². The van der Waals surface area contributed by atoms with Crippen LogP contribution in [0.2, 0.25) is 0 Å². The van der Waals surface area contributed by atoms with Crippen molar-refractivity contribution < 1.29 is 19.4 Å². The summed E-state index contributed by atoms with van der Waals surface area (Å²) in [6, 6.07) is 1.78. The van der Waals surface area contributed by atoms with Crippen molar-refractivity contribution in [1.82, 2.24) is 0 Å². The van der Waals surface area contributed by atoms with Gasteiger partial charge in [-0.3, -0.25) is 9.59 Å². The summed E-state index contributed by atoms with van der Waals surface area (Å²) in [6.45, 7) is 0. The average molecular weight is 296 g/mol. The third-order valence-electron chi connectivity index (χ3n) is 4.08. The molecule has 0 spiro atoms. The Labute approximate surface area is 122 Å². The Morgan fingerprint density at radius 2 is 2.00 bits per heavy atom. The predicted octanol–water partition coefficient (Wildman–Crippen LogP) is 3.75. The smallest absolute Gasteiger partial charge is 0.303 e. The first-order valence-electron chi connectivity index (χ1n) is 6.93. The van der Waals surface area contributed by atoms with Crippen LogP contribution in [0.4, 0.5) is 0 Å². The number of methoxy groups -OCH3 is 1. The van der Waals surface area contributed by atoms with Gasteiger partial charge in [0.1, 0.15) is 10.6 Å². The summed E-state index contributed by atoms with van der Waals surface area (Å²) in [7, 11) is 1.55. The van der Waals surface area contributed by atoms with E-state index < -0.39 is 5.97 Å². The minimum atomic E-state index is -0.808. The monoisotopic (exact) mass is 296 g/mol. The molecule has 110 valence electrons. The van der Waals surface area contributed by atoms with E-state index in [1.165, 1.54) is 11.3 Å². The molecule has 20 heavy (non-hydrogen) atoms. The number of carboxylic acid groups (broad SMARTS) is 1. The molecule has 0 unspecified atom stereocenters. The molecule has 1 saturated carbocycles. The number of hydrogen-bond donors (Lipinski definition) is 1. The molecule has 1 aromatic heterocycles. The van der Waals surface area contributed by atoms with Crippen LogP contribution in [0, 0.1) is 5.41 Å². The van der Waals surface area contributed by atoms with Crippen LogP contribution in [-0.4, -0.2) is 24.0 Å². The normalized spacial score (nSPS) is 17.6. The molecule has 1 heterocycles. The molecule has 0 saturated heterocycles. The van der Waals surface area contributed by atoms with Crippen LogP contribution < -0.4 is 4.74 Å². The van der Waals surface area contributed by atoms with Crippen molar-refractivity contribution in [3.05, 3.63) is 16.3 Å². The highest BCUT2D eigenvalue weighted by Crippen LogP contribution is 2.44. The van der Waals surface area contributed by atoms with Gasteiger partial charge in [0.2, 0.25) is 0 Å². The summed E-state index contributed by atoms with van der Waals surface area (Å²) >= 11 is 1.37. The Kier molecular flexibility index (Phi) is 4.81. The molecule has 5 heteroatoms. The van der Waals surface area contributed by atoms with E-state index in [-0.39, 0.29) is 17.6 Å². The molecule has 0 radical (unpaired) electrons. The number of ketones is 1. The van der Waals surface area contributed by atoms with Crippen LogP contribution in [0.3, 0.4) is 0 Å². The second kappa shape index (κ2) is 6.39. The average Bonchev–Trinajstić information content (AvgIpc) is 2.87. The summed E-state index contributed by atoms with van der Waals surface area (Å²) in [5.74, 6) is -0.195. The van der Waals surface area contributed by atoms with Crippen LogP contribution in [0.15, 0.2) is 11.4 Å². The number of rotatable bonds is 6. The van der Waals surface area contributed by atoms with Gasteiger partial charge in [0.05, 0.1) is 13.5 Å².